The van der Waals surface area contributed by atoms with Crippen LogP contribution in [0, 0.1) is 16.0 Å². The molecule has 7 nitrogen and oxygen atoms in total. The molecule has 0 unspecified atom stereocenters. The largest absolute Gasteiger partial charge is 0.550 e. The minimum atomic E-state index is -1.03. The monoisotopic (exact) mass is 292 g/mol. The van der Waals surface area contributed by atoms with Gasteiger partial charge in [-0.15, -0.1) is 0 Å². The van der Waals surface area contributed by atoms with E-state index in [0.29, 0.717) is 31.5 Å². The number of carbonyl (C=O) groups is 2. The molecule has 1 aliphatic heterocycles. The van der Waals surface area contributed by atoms with Crippen LogP contribution in [0.25, 0.3) is 0 Å². The van der Waals surface area contributed by atoms with E-state index in [-0.39, 0.29) is 18.0 Å². The number of nitro benzene ring substituents is 1. The molecule has 1 saturated heterocycles. The van der Waals surface area contributed by atoms with E-state index in [9.17, 15) is 24.8 Å². The lowest BCUT2D eigenvalue weighted by Gasteiger charge is -2.29. The van der Waals surface area contributed by atoms with Crippen molar-refractivity contribution < 1.29 is 24.5 Å². The lowest BCUT2D eigenvalue weighted by atomic mass is 9.96. The minimum Gasteiger partial charge on any atom is -0.550 e. The molecule has 2 rings (SSSR count). The number of Topliss-reactive ketones (excluding diaryl/α,β-unsaturated/α-hetero) is 1. The summed E-state index contributed by atoms with van der Waals surface area (Å²) in [5.41, 5.74) is 0.213. The van der Waals surface area contributed by atoms with Crippen LogP contribution < -0.4 is 10.0 Å². The number of benzene rings is 1. The number of quaternary nitrogens is 1. The second kappa shape index (κ2) is 6.45. The summed E-state index contributed by atoms with van der Waals surface area (Å²) in [5.74, 6) is -1.62. The highest BCUT2D eigenvalue weighted by Gasteiger charge is 2.25. The fourth-order valence-electron chi connectivity index (χ4n) is 2.56. The molecule has 1 fully saturated rings. The Morgan fingerprint density at radius 1 is 1.29 bits per heavy atom. The summed E-state index contributed by atoms with van der Waals surface area (Å²) in [6, 6.07) is 5.66. The molecule has 0 amide bonds. The second-order valence-corrected chi connectivity index (χ2v) is 5.25. The predicted octanol–water partition coefficient (Wildman–Crippen LogP) is -1.18. The summed E-state index contributed by atoms with van der Waals surface area (Å²) in [6.45, 7) is 1.42. The third-order valence-electron chi connectivity index (χ3n) is 3.82. The first kappa shape index (κ1) is 15.1. The highest BCUT2D eigenvalue weighted by Crippen LogP contribution is 2.13. The quantitative estimate of drug-likeness (QED) is 0.418. The number of rotatable bonds is 5. The number of carboxylic acid groups (broad SMARTS) is 1. The maximum Gasteiger partial charge on any atom is 0.270 e. The summed E-state index contributed by atoms with van der Waals surface area (Å²) < 4.78 is 0. The van der Waals surface area contributed by atoms with Gasteiger partial charge >= 0.3 is 0 Å². The van der Waals surface area contributed by atoms with Crippen LogP contribution in [0.1, 0.15) is 23.2 Å². The molecule has 1 N–H and O–H groups in total. The van der Waals surface area contributed by atoms with Crippen molar-refractivity contribution >= 4 is 17.4 Å². The van der Waals surface area contributed by atoms with E-state index in [2.05, 4.69) is 0 Å². The molecule has 21 heavy (non-hydrogen) atoms. The lowest BCUT2D eigenvalue weighted by Crippen LogP contribution is -3.14. The number of likely N-dealkylation sites (tertiary alicyclic amines) is 1. The summed E-state index contributed by atoms with van der Waals surface area (Å²) in [6.07, 6.45) is 1.000. The zero-order valence-corrected chi connectivity index (χ0v) is 11.4. The van der Waals surface area contributed by atoms with Crippen LogP contribution in [0.2, 0.25) is 0 Å². The predicted molar refractivity (Wildman–Crippen MR) is 70.7 cm³/mol. The van der Waals surface area contributed by atoms with Crippen molar-refractivity contribution in [2.75, 3.05) is 19.6 Å². The summed E-state index contributed by atoms with van der Waals surface area (Å²) in [7, 11) is 0. The number of nitro groups is 1. The maximum atomic E-state index is 12.1. The highest BCUT2D eigenvalue weighted by molar-refractivity contribution is 5.97. The van der Waals surface area contributed by atoms with Gasteiger partial charge < -0.3 is 14.8 Å². The van der Waals surface area contributed by atoms with Gasteiger partial charge in [-0.25, -0.2) is 0 Å². The van der Waals surface area contributed by atoms with Crippen LogP contribution in [-0.4, -0.2) is 36.3 Å². The van der Waals surface area contributed by atoms with Gasteiger partial charge in [-0.2, -0.15) is 0 Å². The van der Waals surface area contributed by atoms with E-state index in [4.69, 9.17) is 0 Å². The summed E-state index contributed by atoms with van der Waals surface area (Å²) in [4.78, 5) is 34.1. The van der Waals surface area contributed by atoms with Crippen molar-refractivity contribution in [2.45, 2.75) is 12.8 Å². The van der Waals surface area contributed by atoms with Crippen molar-refractivity contribution in [1.29, 1.82) is 0 Å². The van der Waals surface area contributed by atoms with Crippen LogP contribution >= 0.6 is 0 Å². The topological polar surface area (TPSA) is 105 Å². The smallest absolute Gasteiger partial charge is 0.270 e. The van der Waals surface area contributed by atoms with Gasteiger partial charge in [-0.3, -0.25) is 14.9 Å². The molecule has 0 bridgehead atoms. The fourth-order valence-corrected chi connectivity index (χ4v) is 2.56. The minimum absolute atomic E-state index is 0.105. The van der Waals surface area contributed by atoms with Crippen LogP contribution in [-0.2, 0) is 4.79 Å². The van der Waals surface area contributed by atoms with E-state index in [0.717, 1.165) is 4.90 Å². The van der Waals surface area contributed by atoms with Gasteiger partial charge in [-0.05, 0) is 0 Å². The van der Waals surface area contributed by atoms with Gasteiger partial charge in [-0.1, -0.05) is 12.1 Å². The van der Waals surface area contributed by atoms with Gasteiger partial charge in [0.05, 0.1) is 18.0 Å². The number of nitrogens with one attached hydrogen (secondary N) is 1. The number of hydrogen-bond donors (Lipinski definition) is 1. The molecule has 1 aliphatic rings. The Hall–Kier alpha value is -2.28. The van der Waals surface area contributed by atoms with Crippen molar-refractivity contribution in [1.82, 2.24) is 0 Å². The molecule has 0 aliphatic carbocycles. The van der Waals surface area contributed by atoms with Gasteiger partial charge in [0, 0.05) is 42.4 Å². The Morgan fingerprint density at radius 3 is 2.52 bits per heavy atom. The van der Waals surface area contributed by atoms with Crippen molar-refractivity contribution in [3.63, 3.8) is 0 Å². The molecule has 1 aromatic carbocycles. The van der Waals surface area contributed by atoms with Crippen LogP contribution in [0.15, 0.2) is 24.3 Å². The molecule has 0 saturated carbocycles. The number of ketones is 1. The number of piperidine rings is 1. The number of hydrogen-bond acceptors (Lipinski definition) is 5. The highest BCUT2D eigenvalue weighted by atomic mass is 16.6. The zero-order chi connectivity index (χ0) is 15.4. The van der Waals surface area contributed by atoms with Crippen LogP contribution in [0.5, 0.6) is 0 Å². The molecule has 0 atom stereocenters. The molecule has 112 valence electrons. The summed E-state index contributed by atoms with van der Waals surface area (Å²) >= 11 is 0. The first-order chi connectivity index (χ1) is 9.97. The third kappa shape index (κ3) is 3.85. The average Bonchev–Trinajstić information content (AvgIpc) is 2.48. The Bertz CT molecular complexity index is 564. The Morgan fingerprint density at radius 2 is 1.95 bits per heavy atom. The second-order valence-electron chi connectivity index (χ2n) is 5.25. The maximum absolute atomic E-state index is 12.1. The Labute approximate surface area is 121 Å². The molecular formula is C14H16N2O5. The molecule has 1 heterocycles. The van der Waals surface area contributed by atoms with Gasteiger partial charge in [0.15, 0.2) is 0 Å². The SMILES string of the molecule is O=C(C[NH+]1CCC(C(=O)[O-])CC1)c1cccc([N+](=O)[O-])c1. The molecule has 0 spiro atoms. The lowest BCUT2D eigenvalue weighted by molar-refractivity contribution is -0.897. The van der Waals surface area contributed by atoms with Crippen molar-refractivity contribution in [2.24, 2.45) is 5.92 Å². The molecule has 0 aromatic heterocycles. The zero-order valence-electron chi connectivity index (χ0n) is 11.4. The number of carbonyl (C=O) groups excluding carboxylic acids is 2. The molecular weight excluding hydrogens is 276 g/mol. The van der Waals surface area contributed by atoms with E-state index in [1.165, 1.54) is 18.2 Å². The number of aliphatic carboxylic acids is 1. The molecule has 1 aromatic rings. The third-order valence-corrected chi connectivity index (χ3v) is 3.82. The number of carboxylic acids is 1. The number of non-ortho nitro benzene ring substituents is 1. The van der Waals surface area contributed by atoms with E-state index >= 15 is 0 Å². The Balaban J connectivity index is 1.95. The van der Waals surface area contributed by atoms with Gasteiger partial charge in [0.25, 0.3) is 5.69 Å². The summed E-state index contributed by atoms with van der Waals surface area (Å²) in [5, 5.41) is 21.4. The molecule has 0 radical (unpaired) electrons. The fraction of sp³-hybridized carbons (Fsp3) is 0.429. The average molecular weight is 292 g/mol. The van der Waals surface area contributed by atoms with Gasteiger partial charge in [0.1, 0.15) is 6.54 Å². The van der Waals surface area contributed by atoms with E-state index in [1.807, 2.05) is 0 Å². The van der Waals surface area contributed by atoms with Crippen molar-refractivity contribution in [3.8, 4) is 0 Å². The van der Waals surface area contributed by atoms with Gasteiger partial charge in [0.2, 0.25) is 5.78 Å². The Kier molecular flexibility index (Phi) is 4.64. The first-order valence-electron chi connectivity index (χ1n) is 6.79. The normalized spacial score (nSPS) is 21.7. The molecule has 7 heteroatoms. The standard InChI is InChI=1S/C14H16N2O5/c17-13(11-2-1-3-12(8-11)16(20)21)9-15-6-4-10(5-7-15)14(18)19/h1-3,8,10H,4-7,9H2,(H,18,19). The first-order valence-corrected chi connectivity index (χ1v) is 6.79. The number of nitrogens with zero attached hydrogens (tertiary/aromatic N) is 1. The van der Waals surface area contributed by atoms with Crippen LogP contribution in [0.3, 0.4) is 0 Å². The van der Waals surface area contributed by atoms with Crippen molar-refractivity contribution in [3.05, 3.63) is 39.9 Å². The van der Waals surface area contributed by atoms with Crippen LogP contribution in [0.4, 0.5) is 5.69 Å². The van der Waals surface area contributed by atoms with E-state index < -0.39 is 16.8 Å². The van der Waals surface area contributed by atoms with E-state index in [1.54, 1.807) is 6.07 Å².